The maximum absolute atomic E-state index is 5.18. The fraction of sp³-hybridized carbons (Fsp3) is 0.699. The maximum atomic E-state index is 5.18. The number of nitrogens with zero attached hydrogens (tertiary/aromatic N) is 24. The summed E-state index contributed by atoms with van der Waals surface area (Å²) in [7, 11) is 0. The Kier molecular flexibility index (Phi) is 36.7. The molecule has 662 valence electrons. The molecular weight excluding hydrogens is 1500 g/mol. The zero-order valence-electron chi connectivity index (χ0n) is 76.0. The average molecular weight is 1650 g/mol. The Hall–Kier alpha value is -9.04. The van der Waals surface area contributed by atoms with Crippen LogP contribution >= 0.6 is 0 Å². The van der Waals surface area contributed by atoms with Crippen molar-refractivity contribution in [3.8, 4) is 0 Å². The van der Waals surface area contributed by atoms with Crippen LogP contribution in [0.15, 0.2) is 107 Å². The smallest absolute Gasteiger partial charge is 0.142 e. The minimum absolute atomic E-state index is 0. The van der Waals surface area contributed by atoms with E-state index in [9.17, 15) is 0 Å². The predicted octanol–water partition coefficient (Wildman–Crippen LogP) is 24.4. The summed E-state index contributed by atoms with van der Waals surface area (Å²) < 4.78 is 32.3. The summed E-state index contributed by atoms with van der Waals surface area (Å²) in [5.74, 6) is 12.6. The minimum atomic E-state index is 0. The van der Waals surface area contributed by atoms with Crippen molar-refractivity contribution in [3.63, 3.8) is 0 Å². The van der Waals surface area contributed by atoms with Gasteiger partial charge in [0, 0.05) is 143 Å². The van der Waals surface area contributed by atoms with Crippen LogP contribution in [0.4, 0.5) is 0 Å². The van der Waals surface area contributed by atoms with Gasteiger partial charge in [-0.1, -0.05) is 138 Å². The maximum Gasteiger partial charge on any atom is 0.142 e. The summed E-state index contributed by atoms with van der Waals surface area (Å²) in [5, 5.41) is 51.7. The van der Waals surface area contributed by atoms with E-state index in [2.05, 4.69) is 275 Å². The van der Waals surface area contributed by atoms with Crippen LogP contribution in [0.2, 0.25) is 0 Å². The minimum Gasteiger partial charge on any atom is -0.364 e. The molecule has 0 radical (unpaired) electrons. The van der Waals surface area contributed by atoms with Crippen LogP contribution in [0.5, 0.6) is 0 Å². The van der Waals surface area contributed by atoms with E-state index in [0.717, 1.165) is 76.2 Å². The van der Waals surface area contributed by atoms with Crippen molar-refractivity contribution in [3.05, 3.63) is 168 Å². The molecule has 0 N–H and O–H groups in total. The Labute approximate surface area is 718 Å². The van der Waals surface area contributed by atoms with E-state index in [1.165, 1.54) is 155 Å². The first-order valence-corrected chi connectivity index (χ1v) is 44.8. The van der Waals surface area contributed by atoms with Gasteiger partial charge >= 0.3 is 0 Å². The molecule has 11 aromatic rings. The second kappa shape index (κ2) is 45.7. The number of aromatic nitrogens is 24. The van der Waals surface area contributed by atoms with E-state index < -0.39 is 0 Å². The van der Waals surface area contributed by atoms with E-state index in [0.29, 0.717) is 83.7 Å². The molecule has 0 unspecified atom stereocenters. The Bertz CT molecular complexity index is 3540. The molecular formula is C93H152N24O3. The normalized spacial score (nSPS) is 16.4. The van der Waals surface area contributed by atoms with E-state index >= 15 is 0 Å². The molecule has 9 aliphatic carbocycles. The summed E-state index contributed by atoms with van der Waals surface area (Å²) >= 11 is 0. The highest BCUT2D eigenvalue weighted by Gasteiger charge is 2.35. The molecule has 0 saturated heterocycles. The molecule has 0 spiro atoms. The third-order valence-electron chi connectivity index (χ3n) is 22.1. The van der Waals surface area contributed by atoms with Crippen molar-refractivity contribution in [2.75, 3.05) is 0 Å². The monoisotopic (exact) mass is 1650 g/mol. The van der Waals surface area contributed by atoms with Gasteiger partial charge in [0.15, 0.2) is 0 Å². The van der Waals surface area contributed by atoms with Crippen LogP contribution in [-0.2, 0) is 0 Å². The van der Waals surface area contributed by atoms with Gasteiger partial charge in [0.25, 0.3) is 0 Å². The molecule has 11 heterocycles. The van der Waals surface area contributed by atoms with Gasteiger partial charge in [0.1, 0.15) is 54.7 Å². The van der Waals surface area contributed by atoms with E-state index in [1.54, 1.807) is 12.5 Å². The topological polar surface area (TPSA) is 285 Å². The van der Waals surface area contributed by atoms with Crippen molar-refractivity contribution in [2.24, 2.45) is 0 Å². The summed E-state index contributed by atoms with van der Waals surface area (Å²) in [6, 6.07) is 4.66. The lowest BCUT2D eigenvalue weighted by Gasteiger charge is -2.11. The van der Waals surface area contributed by atoms with Crippen molar-refractivity contribution >= 4 is 0 Å². The Balaban J connectivity index is 0.000000164. The van der Waals surface area contributed by atoms with Crippen LogP contribution in [0.3, 0.4) is 0 Å². The molecule has 0 bridgehead atoms. The highest BCUT2D eigenvalue weighted by atomic mass is 16.5. The third-order valence-corrected chi connectivity index (χ3v) is 22.1. The highest BCUT2D eigenvalue weighted by Crippen LogP contribution is 2.47. The van der Waals surface area contributed by atoms with Gasteiger partial charge in [-0.25, -0.2) is 24.3 Å². The van der Waals surface area contributed by atoms with E-state index in [4.69, 9.17) is 13.6 Å². The van der Waals surface area contributed by atoms with Crippen molar-refractivity contribution < 1.29 is 13.6 Å². The molecule has 0 amide bonds. The molecule has 9 aliphatic rings. The van der Waals surface area contributed by atoms with Crippen molar-refractivity contribution in [1.29, 1.82) is 0 Å². The molecule has 0 atom stereocenters. The number of rotatable bonds is 21. The Morgan fingerprint density at radius 1 is 0.325 bits per heavy atom. The Morgan fingerprint density at radius 2 is 0.733 bits per heavy atom. The van der Waals surface area contributed by atoms with Gasteiger partial charge in [-0.05, 0) is 220 Å². The first kappa shape index (κ1) is 96.4. The highest BCUT2D eigenvalue weighted by molar-refractivity contribution is 5.28. The fourth-order valence-electron chi connectivity index (χ4n) is 13.9. The van der Waals surface area contributed by atoms with Crippen LogP contribution in [0.25, 0.3) is 0 Å². The summed E-state index contributed by atoms with van der Waals surface area (Å²) in [6.07, 6.45) is 52.1. The second-order valence-corrected chi connectivity index (χ2v) is 37.3. The first-order valence-electron chi connectivity index (χ1n) is 44.8. The lowest BCUT2D eigenvalue weighted by Crippen LogP contribution is -2.06. The number of hydrogen-bond acceptors (Lipinski definition) is 19. The zero-order valence-corrected chi connectivity index (χ0v) is 76.0. The molecule has 27 nitrogen and oxygen atoms in total. The number of hydrogen-bond donors (Lipinski definition) is 0. The average Bonchev–Trinajstić information content (AvgIpc) is 1.62. The summed E-state index contributed by atoms with van der Waals surface area (Å²) in [6.45, 7) is 51.7. The summed E-state index contributed by atoms with van der Waals surface area (Å²) in [5.41, 5.74) is 11.8. The van der Waals surface area contributed by atoms with Crippen LogP contribution in [0, 0.1) is 0 Å². The molecule has 11 aromatic heterocycles. The second-order valence-electron chi connectivity index (χ2n) is 37.3. The third kappa shape index (κ3) is 29.1. The van der Waals surface area contributed by atoms with Crippen molar-refractivity contribution in [1.82, 2.24) is 118 Å². The van der Waals surface area contributed by atoms with Gasteiger partial charge in [-0.15, -0.1) is 40.8 Å². The largest absolute Gasteiger partial charge is 0.364 e. The Morgan fingerprint density at radius 3 is 1.08 bits per heavy atom. The quantitative estimate of drug-likeness (QED) is 0.0646. The van der Waals surface area contributed by atoms with Crippen LogP contribution < -0.4 is 0 Å². The van der Waals surface area contributed by atoms with Gasteiger partial charge < -0.3 is 41.0 Å². The lowest BCUT2D eigenvalue weighted by atomic mass is 10.0. The van der Waals surface area contributed by atoms with Gasteiger partial charge in [0.2, 0.25) is 0 Å². The fourth-order valence-corrected chi connectivity index (χ4v) is 13.9. The van der Waals surface area contributed by atoms with E-state index in [-0.39, 0.29) is 14.9 Å². The standard InChI is InChI=1S/2C9H14N2.3C9H13NO.4C8H13N3.C8H15N3.C6H10N2.2CH4/c1-7(2)11-6-10-5-9(11)8-3-4-8;1-7(2)9-5-10-6-11(9)8-3-4-8;2*1-6(2)9-8(5-11-10-9)7-3-4-7;1-6(2)9-8(5-10-11-9)7-3-4-7;2*1-6(2)8-10-9-5-11(8)7-3-4-7;2*1-6(2)11-8(5-9-10-11)7-3-4-7;1-6(2)8-10-9-5-11(8)7(3)4;1-6(2)8-4-3-7-5-8;;/h2*5-8H,3-4H2,1-2H3;7*5-7H,3-4H2,1-2H3;5-7H,1-4H3;3-6H,1-2H3;2*1H4. The van der Waals surface area contributed by atoms with Gasteiger partial charge in [-0.3, -0.25) is 0 Å². The van der Waals surface area contributed by atoms with Crippen LogP contribution in [0.1, 0.15) is 496 Å². The summed E-state index contributed by atoms with van der Waals surface area (Å²) in [4.78, 5) is 12.2. The van der Waals surface area contributed by atoms with Gasteiger partial charge in [-0.2, -0.15) is 0 Å². The van der Waals surface area contributed by atoms with Crippen molar-refractivity contribution in [2.45, 2.75) is 422 Å². The molecule has 0 aliphatic heterocycles. The zero-order chi connectivity index (χ0) is 85.0. The predicted molar refractivity (Wildman–Crippen MR) is 477 cm³/mol. The molecule has 0 aromatic carbocycles. The number of imidazole rings is 3. The molecule has 20 rings (SSSR count). The lowest BCUT2D eigenvalue weighted by molar-refractivity contribution is 0.369. The first-order chi connectivity index (χ1) is 56.5. The van der Waals surface area contributed by atoms with Gasteiger partial charge in [0.05, 0.1) is 60.3 Å². The van der Waals surface area contributed by atoms with E-state index in [1.807, 2.05) is 90.7 Å². The molecule has 9 saturated carbocycles. The van der Waals surface area contributed by atoms with Crippen LogP contribution in [-0.4, -0.2) is 118 Å². The SMILES string of the molecule is C.C.CC(C)c1cncn1C1CC1.CC(C)c1nncn1C(C)C.CC(C)c1nncn1C1CC1.CC(C)c1nncn1C1CC1.CC(C)c1nocc1C1CC1.CC(C)c1nocc1C1CC1.CC(C)c1oncc1C1CC1.CC(C)n1ccnc1.CC(C)n1cncc1C1CC1.CC(C)n1nncc1C1CC1.CC(C)n1nncc1C1CC1. The molecule has 9 fully saturated rings. The molecule has 27 heteroatoms. The molecule has 120 heavy (non-hydrogen) atoms.